The molecular weight excluding hydrogens is 273 g/mol. The highest BCUT2D eigenvalue weighted by Crippen LogP contribution is 2.37. The number of hydrogen-bond donors (Lipinski definition) is 1. The van der Waals surface area contributed by atoms with Gasteiger partial charge >= 0.3 is 0 Å². The number of benzene rings is 1. The van der Waals surface area contributed by atoms with Crippen molar-refractivity contribution in [2.24, 2.45) is 0 Å². The highest BCUT2D eigenvalue weighted by atomic mass is 79.9. The third-order valence-electron chi connectivity index (χ3n) is 3.02. The zero-order valence-corrected chi connectivity index (χ0v) is 10.8. The summed E-state index contributed by atoms with van der Waals surface area (Å²) in [4.78, 5) is 0. The predicted octanol–water partition coefficient (Wildman–Crippen LogP) is 3.06. The highest BCUT2D eigenvalue weighted by molar-refractivity contribution is 9.10. The lowest BCUT2D eigenvalue weighted by Gasteiger charge is -2.25. The largest absolute Gasteiger partial charge is 0.495 e. The third-order valence-corrected chi connectivity index (χ3v) is 3.76. The molecule has 1 atom stereocenters. The summed E-state index contributed by atoms with van der Waals surface area (Å²) in [6.07, 6.45) is 2.28. The molecule has 1 unspecified atom stereocenters. The van der Waals surface area contributed by atoms with E-state index in [1.807, 2.05) is 6.07 Å². The molecule has 2 nitrogen and oxygen atoms in total. The van der Waals surface area contributed by atoms with E-state index < -0.39 is 0 Å². The number of piperidine rings is 1. The Bertz CT molecular complexity index is 378. The smallest absolute Gasteiger partial charge is 0.141 e. The van der Waals surface area contributed by atoms with Crippen molar-refractivity contribution in [3.05, 3.63) is 28.0 Å². The number of halogens is 2. The molecule has 0 saturated carbocycles. The van der Waals surface area contributed by atoms with Gasteiger partial charge in [-0.05, 0) is 46.9 Å². The Balaban J connectivity index is 2.35. The predicted molar refractivity (Wildman–Crippen MR) is 65.5 cm³/mol. The van der Waals surface area contributed by atoms with Crippen LogP contribution in [0.5, 0.6) is 5.75 Å². The molecule has 1 fully saturated rings. The van der Waals surface area contributed by atoms with Crippen LogP contribution in [0.4, 0.5) is 4.39 Å². The van der Waals surface area contributed by atoms with Gasteiger partial charge in [-0.3, -0.25) is 0 Å². The van der Waals surface area contributed by atoms with Crippen LogP contribution in [0, 0.1) is 5.82 Å². The molecule has 0 spiro atoms. The van der Waals surface area contributed by atoms with Gasteiger partial charge in [-0.15, -0.1) is 0 Å². The topological polar surface area (TPSA) is 21.3 Å². The number of ether oxygens (including phenoxy) is 1. The lowest BCUT2D eigenvalue weighted by molar-refractivity contribution is 0.386. The minimum Gasteiger partial charge on any atom is -0.495 e. The first kappa shape index (κ1) is 11.9. The van der Waals surface area contributed by atoms with E-state index in [-0.39, 0.29) is 5.82 Å². The second-order valence-corrected chi connectivity index (χ2v) is 4.82. The van der Waals surface area contributed by atoms with Crippen LogP contribution >= 0.6 is 15.9 Å². The molecule has 4 heteroatoms. The van der Waals surface area contributed by atoms with Gasteiger partial charge in [0.1, 0.15) is 11.6 Å². The first-order chi connectivity index (χ1) is 7.74. The summed E-state index contributed by atoms with van der Waals surface area (Å²) in [5.41, 5.74) is 1.09. The van der Waals surface area contributed by atoms with Gasteiger partial charge in [0.2, 0.25) is 0 Å². The van der Waals surface area contributed by atoms with Crippen LogP contribution in [0.25, 0.3) is 0 Å². The van der Waals surface area contributed by atoms with Crippen molar-refractivity contribution in [3.63, 3.8) is 0 Å². The van der Waals surface area contributed by atoms with Crippen LogP contribution in [0.1, 0.15) is 24.3 Å². The van der Waals surface area contributed by atoms with E-state index in [1.165, 1.54) is 6.07 Å². The average molecular weight is 288 g/mol. The van der Waals surface area contributed by atoms with Crippen molar-refractivity contribution < 1.29 is 9.13 Å². The number of hydrogen-bond acceptors (Lipinski definition) is 2. The standard InChI is InChI=1S/C12H15BrFNO/c1-16-12-9(4-5-10(14)11(12)13)8-3-2-6-15-7-8/h4-5,8,15H,2-3,6-7H2,1H3. The molecular formula is C12H15BrFNO. The third kappa shape index (κ3) is 2.23. The van der Waals surface area contributed by atoms with Gasteiger partial charge in [0.25, 0.3) is 0 Å². The summed E-state index contributed by atoms with van der Waals surface area (Å²) < 4.78 is 19.1. The van der Waals surface area contributed by atoms with Gasteiger partial charge in [0.15, 0.2) is 0 Å². The Morgan fingerprint density at radius 2 is 2.31 bits per heavy atom. The van der Waals surface area contributed by atoms with Crippen LogP contribution in [-0.2, 0) is 0 Å². The molecule has 0 radical (unpaired) electrons. The molecule has 1 N–H and O–H groups in total. The summed E-state index contributed by atoms with van der Waals surface area (Å²) in [6.45, 7) is 2.01. The fourth-order valence-corrected chi connectivity index (χ4v) is 2.72. The van der Waals surface area contributed by atoms with Gasteiger partial charge in [-0.25, -0.2) is 4.39 Å². The molecule has 1 saturated heterocycles. The zero-order chi connectivity index (χ0) is 11.5. The van der Waals surface area contributed by atoms with E-state index in [1.54, 1.807) is 7.11 Å². The van der Waals surface area contributed by atoms with Crippen molar-refractivity contribution in [1.82, 2.24) is 5.32 Å². The Morgan fingerprint density at radius 3 is 2.94 bits per heavy atom. The second-order valence-electron chi connectivity index (χ2n) is 4.03. The van der Waals surface area contributed by atoms with Crippen LogP contribution in [0.15, 0.2) is 16.6 Å². The van der Waals surface area contributed by atoms with Crippen molar-refractivity contribution in [2.75, 3.05) is 20.2 Å². The first-order valence-electron chi connectivity index (χ1n) is 5.46. The van der Waals surface area contributed by atoms with E-state index in [9.17, 15) is 4.39 Å². The molecule has 1 aromatic rings. The molecule has 0 aliphatic carbocycles. The number of nitrogens with one attached hydrogen (secondary N) is 1. The molecule has 16 heavy (non-hydrogen) atoms. The molecule has 1 aliphatic heterocycles. The van der Waals surface area contributed by atoms with Gasteiger partial charge in [0, 0.05) is 12.5 Å². The van der Waals surface area contributed by atoms with Crippen LogP contribution in [0.2, 0.25) is 0 Å². The quantitative estimate of drug-likeness (QED) is 0.903. The van der Waals surface area contributed by atoms with E-state index in [2.05, 4.69) is 21.2 Å². The Labute approximate surface area is 103 Å². The first-order valence-corrected chi connectivity index (χ1v) is 6.26. The Kier molecular flexibility index (Phi) is 3.82. The van der Waals surface area contributed by atoms with E-state index in [0.29, 0.717) is 16.1 Å². The zero-order valence-electron chi connectivity index (χ0n) is 9.22. The average Bonchev–Trinajstić information content (AvgIpc) is 2.33. The minimum atomic E-state index is -0.274. The molecule has 2 rings (SSSR count). The van der Waals surface area contributed by atoms with Gasteiger partial charge in [-0.1, -0.05) is 6.07 Å². The van der Waals surface area contributed by atoms with Gasteiger partial charge in [-0.2, -0.15) is 0 Å². The molecule has 0 amide bonds. The molecule has 1 aliphatic rings. The summed E-state index contributed by atoms with van der Waals surface area (Å²) in [7, 11) is 1.58. The van der Waals surface area contributed by atoms with Crippen molar-refractivity contribution in [2.45, 2.75) is 18.8 Å². The van der Waals surface area contributed by atoms with Crippen LogP contribution in [-0.4, -0.2) is 20.2 Å². The van der Waals surface area contributed by atoms with Crippen LogP contribution < -0.4 is 10.1 Å². The Morgan fingerprint density at radius 1 is 1.50 bits per heavy atom. The van der Waals surface area contributed by atoms with Crippen LogP contribution in [0.3, 0.4) is 0 Å². The van der Waals surface area contributed by atoms with Gasteiger partial charge < -0.3 is 10.1 Å². The molecule has 0 bridgehead atoms. The maximum atomic E-state index is 13.4. The van der Waals surface area contributed by atoms with E-state index in [0.717, 1.165) is 31.5 Å². The highest BCUT2D eigenvalue weighted by Gasteiger charge is 2.21. The van der Waals surface area contributed by atoms with E-state index in [4.69, 9.17) is 4.74 Å². The van der Waals surface area contributed by atoms with Crippen molar-refractivity contribution in [1.29, 1.82) is 0 Å². The summed E-state index contributed by atoms with van der Waals surface area (Å²) in [5, 5.41) is 3.35. The fourth-order valence-electron chi connectivity index (χ4n) is 2.19. The lowest BCUT2D eigenvalue weighted by atomic mass is 9.91. The van der Waals surface area contributed by atoms with Gasteiger partial charge in [0.05, 0.1) is 11.6 Å². The molecule has 88 valence electrons. The SMILES string of the molecule is COc1c(C2CCCNC2)ccc(F)c1Br. The minimum absolute atomic E-state index is 0.274. The Hall–Kier alpha value is -0.610. The summed E-state index contributed by atoms with van der Waals surface area (Å²) in [6, 6.07) is 3.33. The summed E-state index contributed by atoms with van der Waals surface area (Å²) in [5.74, 6) is 0.777. The van der Waals surface area contributed by atoms with Crippen molar-refractivity contribution >= 4 is 15.9 Å². The van der Waals surface area contributed by atoms with E-state index >= 15 is 0 Å². The second kappa shape index (κ2) is 5.15. The fraction of sp³-hybridized carbons (Fsp3) is 0.500. The summed E-state index contributed by atoms with van der Waals surface area (Å²) >= 11 is 3.24. The number of methoxy groups -OCH3 is 1. The van der Waals surface area contributed by atoms with Crippen molar-refractivity contribution in [3.8, 4) is 5.75 Å². The molecule has 0 aromatic heterocycles. The lowest BCUT2D eigenvalue weighted by Crippen LogP contribution is -2.28. The normalized spacial score (nSPS) is 20.8. The monoisotopic (exact) mass is 287 g/mol. The molecule has 1 heterocycles. The number of rotatable bonds is 2. The molecule has 1 aromatic carbocycles. The maximum Gasteiger partial charge on any atom is 0.141 e. The maximum absolute atomic E-state index is 13.4.